The van der Waals surface area contributed by atoms with E-state index in [-0.39, 0.29) is 11.8 Å². The SMILES string of the molecule is COCCNC(=O)c1nc(C(=O)N2CCN(C=O)CC2)c2n1CCCC2. The lowest BCUT2D eigenvalue weighted by atomic mass is 10.1. The highest BCUT2D eigenvalue weighted by molar-refractivity contribution is 5.97. The summed E-state index contributed by atoms with van der Waals surface area (Å²) in [6.45, 7) is 3.53. The molecule has 1 aromatic heterocycles. The van der Waals surface area contributed by atoms with Crippen molar-refractivity contribution >= 4 is 18.2 Å². The van der Waals surface area contributed by atoms with Gasteiger partial charge in [0.1, 0.15) is 5.69 Å². The van der Waals surface area contributed by atoms with Crippen molar-refractivity contribution in [3.8, 4) is 0 Å². The number of imidazole rings is 1. The van der Waals surface area contributed by atoms with Crippen molar-refractivity contribution in [2.75, 3.05) is 46.4 Å². The normalized spacial score (nSPS) is 17.0. The third-order valence-electron chi connectivity index (χ3n) is 4.87. The van der Waals surface area contributed by atoms with E-state index < -0.39 is 0 Å². The standard InChI is InChI=1S/C17H25N5O4/c1-26-11-5-18-16(24)15-19-14(13-4-2-3-6-22(13)15)17(25)21-9-7-20(12-23)8-10-21/h12H,2-11H2,1H3,(H,18,24). The summed E-state index contributed by atoms with van der Waals surface area (Å²) in [6.07, 6.45) is 3.50. The molecular formula is C17H25N5O4. The Bertz CT molecular complexity index is 679. The zero-order chi connectivity index (χ0) is 18.5. The van der Waals surface area contributed by atoms with Gasteiger partial charge in [-0.05, 0) is 19.3 Å². The summed E-state index contributed by atoms with van der Waals surface area (Å²) in [5.41, 5.74) is 1.22. The van der Waals surface area contributed by atoms with Gasteiger partial charge in [0.25, 0.3) is 11.8 Å². The first-order valence-corrected chi connectivity index (χ1v) is 9.01. The van der Waals surface area contributed by atoms with Gasteiger partial charge in [-0.25, -0.2) is 4.98 Å². The number of piperazine rings is 1. The molecule has 0 unspecified atom stereocenters. The molecule has 9 nitrogen and oxygen atoms in total. The highest BCUT2D eigenvalue weighted by Gasteiger charge is 2.31. The Kier molecular flexibility index (Phi) is 5.87. The molecule has 1 fully saturated rings. The van der Waals surface area contributed by atoms with E-state index >= 15 is 0 Å². The molecule has 0 saturated carbocycles. The lowest BCUT2D eigenvalue weighted by Crippen LogP contribution is -2.48. The Labute approximate surface area is 152 Å². The van der Waals surface area contributed by atoms with Crippen molar-refractivity contribution in [1.82, 2.24) is 24.7 Å². The third-order valence-corrected chi connectivity index (χ3v) is 4.87. The van der Waals surface area contributed by atoms with Crippen LogP contribution >= 0.6 is 0 Å². The van der Waals surface area contributed by atoms with Crippen LogP contribution in [0.3, 0.4) is 0 Å². The molecule has 1 N–H and O–H groups in total. The quantitative estimate of drug-likeness (QED) is 0.543. The van der Waals surface area contributed by atoms with E-state index in [1.807, 2.05) is 4.57 Å². The van der Waals surface area contributed by atoms with Crippen molar-refractivity contribution in [2.45, 2.75) is 25.8 Å². The second-order valence-electron chi connectivity index (χ2n) is 6.52. The topological polar surface area (TPSA) is 96.8 Å². The number of methoxy groups -OCH3 is 1. The van der Waals surface area contributed by atoms with Gasteiger partial charge in [0.05, 0.1) is 12.3 Å². The minimum absolute atomic E-state index is 0.155. The molecule has 0 spiro atoms. The molecule has 26 heavy (non-hydrogen) atoms. The minimum Gasteiger partial charge on any atom is -0.383 e. The number of hydrogen-bond acceptors (Lipinski definition) is 5. The summed E-state index contributed by atoms with van der Waals surface area (Å²) in [7, 11) is 1.57. The first kappa shape index (κ1) is 18.4. The summed E-state index contributed by atoms with van der Waals surface area (Å²) in [4.78, 5) is 44.0. The monoisotopic (exact) mass is 363 g/mol. The molecule has 2 aliphatic rings. The predicted molar refractivity (Wildman–Crippen MR) is 92.9 cm³/mol. The van der Waals surface area contributed by atoms with Gasteiger partial charge >= 0.3 is 0 Å². The Hall–Kier alpha value is -2.42. The van der Waals surface area contributed by atoms with Crippen LogP contribution in [0.2, 0.25) is 0 Å². The molecule has 9 heteroatoms. The van der Waals surface area contributed by atoms with Crippen LogP contribution < -0.4 is 5.32 Å². The van der Waals surface area contributed by atoms with Crippen molar-refractivity contribution in [3.05, 3.63) is 17.2 Å². The van der Waals surface area contributed by atoms with Crippen molar-refractivity contribution < 1.29 is 19.1 Å². The fraction of sp³-hybridized carbons (Fsp3) is 0.647. The molecule has 0 atom stereocenters. The maximum atomic E-state index is 13.0. The van der Waals surface area contributed by atoms with Crippen LogP contribution in [-0.2, 0) is 22.5 Å². The van der Waals surface area contributed by atoms with Gasteiger partial charge in [-0.15, -0.1) is 0 Å². The Morgan fingerprint density at radius 3 is 2.65 bits per heavy atom. The fourth-order valence-electron chi connectivity index (χ4n) is 3.41. The Morgan fingerprint density at radius 1 is 1.19 bits per heavy atom. The molecular weight excluding hydrogens is 338 g/mol. The molecule has 3 rings (SSSR count). The molecule has 2 aliphatic heterocycles. The molecule has 142 valence electrons. The number of carbonyl (C=O) groups is 3. The lowest BCUT2D eigenvalue weighted by molar-refractivity contribution is -0.119. The number of aromatic nitrogens is 2. The number of fused-ring (bicyclic) bond motifs is 1. The molecule has 1 saturated heterocycles. The second kappa shape index (κ2) is 8.31. The number of carbonyl (C=O) groups excluding carboxylic acids is 3. The average molecular weight is 363 g/mol. The van der Waals surface area contributed by atoms with Gasteiger partial charge in [-0.1, -0.05) is 0 Å². The van der Waals surface area contributed by atoms with Gasteiger partial charge in [0, 0.05) is 46.4 Å². The summed E-state index contributed by atoms with van der Waals surface area (Å²) in [5, 5.41) is 2.78. The van der Waals surface area contributed by atoms with Crippen molar-refractivity contribution in [2.24, 2.45) is 0 Å². The molecule has 0 bridgehead atoms. The minimum atomic E-state index is -0.282. The van der Waals surface area contributed by atoms with E-state index in [2.05, 4.69) is 10.3 Å². The van der Waals surface area contributed by atoms with Gasteiger partial charge < -0.3 is 24.4 Å². The number of ether oxygens (including phenoxy) is 1. The van der Waals surface area contributed by atoms with Gasteiger partial charge in [-0.3, -0.25) is 14.4 Å². The number of hydrogen-bond donors (Lipinski definition) is 1. The maximum Gasteiger partial charge on any atom is 0.287 e. The summed E-state index contributed by atoms with van der Waals surface area (Å²) in [5.74, 6) is -0.141. The molecule has 0 aromatic carbocycles. The van der Waals surface area contributed by atoms with Crippen LogP contribution in [0.5, 0.6) is 0 Å². The Morgan fingerprint density at radius 2 is 1.96 bits per heavy atom. The van der Waals surface area contributed by atoms with E-state index in [4.69, 9.17) is 4.74 Å². The highest BCUT2D eigenvalue weighted by Crippen LogP contribution is 2.22. The predicted octanol–water partition coefficient (Wildman–Crippen LogP) is -0.490. The second-order valence-corrected chi connectivity index (χ2v) is 6.52. The summed E-state index contributed by atoms with van der Waals surface area (Å²) in [6, 6.07) is 0. The Balaban J connectivity index is 1.80. The van der Waals surface area contributed by atoms with Gasteiger partial charge in [0.2, 0.25) is 6.41 Å². The van der Waals surface area contributed by atoms with Gasteiger partial charge in [-0.2, -0.15) is 0 Å². The van der Waals surface area contributed by atoms with Crippen LogP contribution in [-0.4, -0.2) is 84.0 Å². The fourth-order valence-corrected chi connectivity index (χ4v) is 3.41. The molecule has 0 aliphatic carbocycles. The molecule has 3 amide bonds. The smallest absolute Gasteiger partial charge is 0.287 e. The largest absolute Gasteiger partial charge is 0.383 e. The molecule has 0 radical (unpaired) electrons. The van der Waals surface area contributed by atoms with E-state index in [1.165, 1.54) is 0 Å². The number of nitrogens with one attached hydrogen (secondary N) is 1. The summed E-state index contributed by atoms with van der Waals surface area (Å²) < 4.78 is 6.83. The van der Waals surface area contributed by atoms with Crippen LogP contribution in [0, 0.1) is 0 Å². The van der Waals surface area contributed by atoms with E-state index in [1.54, 1.807) is 16.9 Å². The van der Waals surface area contributed by atoms with Crippen LogP contribution in [0.4, 0.5) is 0 Å². The van der Waals surface area contributed by atoms with E-state index in [0.717, 1.165) is 31.4 Å². The van der Waals surface area contributed by atoms with E-state index in [0.29, 0.717) is 57.4 Å². The zero-order valence-corrected chi connectivity index (χ0v) is 15.1. The van der Waals surface area contributed by atoms with Crippen LogP contribution in [0.15, 0.2) is 0 Å². The van der Waals surface area contributed by atoms with E-state index in [9.17, 15) is 14.4 Å². The first-order valence-electron chi connectivity index (χ1n) is 9.01. The van der Waals surface area contributed by atoms with Crippen molar-refractivity contribution in [3.63, 3.8) is 0 Å². The third kappa shape index (κ3) is 3.72. The average Bonchev–Trinajstić information content (AvgIpc) is 3.07. The number of amides is 3. The number of nitrogens with zero attached hydrogens (tertiary/aromatic N) is 4. The zero-order valence-electron chi connectivity index (χ0n) is 15.1. The van der Waals surface area contributed by atoms with Crippen molar-refractivity contribution in [1.29, 1.82) is 0 Å². The van der Waals surface area contributed by atoms with Crippen LogP contribution in [0.25, 0.3) is 0 Å². The number of rotatable bonds is 6. The molecule has 3 heterocycles. The lowest BCUT2D eigenvalue weighted by Gasteiger charge is -2.32. The van der Waals surface area contributed by atoms with Gasteiger partial charge in [0.15, 0.2) is 5.82 Å². The highest BCUT2D eigenvalue weighted by atomic mass is 16.5. The maximum absolute atomic E-state index is 13.0. The first-order chi connectivity index (χ1) is 12.7. The van der Waals surface area contributed by atoms with Crippen LogP contribution in [0.1, 0.15) is 39.6 Å². The molecule has 1 aromatic rings. The summed E-state index contributed by atoms with van der Waals surface area (Å²) >= 11 is 0.